The third-order valence-corrected chi connectivity index (χ3v) is 6.22. The molecule has 1 unspecified atom stereocenters. The highest BCUT2D eigenvalue weighted by atomic mass is 16.5. The third kappa shape index (κ3) is 4.52. The zero-order valence-corrected chi connectivity index (χ0v) is 20.7. The van der Waals surface area contributed by atoms with Crippen LogP contribution in [-0.4, -0.2) is 35.6 Å². The molecule has 3 aromatic carbocycles. The molecule has 4 rings (SSSR count). The lowest BCUT2D eigenvalue weighted by atomic mass is 9.94. The molecule has 1 fully saturated rings. The predicted octanol–water partition coefficient (Wildman–Crippen LogP) is 5.55. The van der Waals surface area contributed by atoms with Crippen LogP contribution in [-0.2, 0) is 9.59 Å². The van der Waals surface area contributed by atoms with Crippen LogP contribution < -0.4 is 14.4 Å². The van der Waals surface area contributed by atoms with Crippen LogP contribution >= 0.6 is 0 Å². The summed E-state index contributed by atoms with van der Waals surface area (Å²) >= 11 is 0. The largest absolute Gasteiger partial charge is 0.507 e. The van der Waals surface area contributed by atoms with Crippen molar-refractivity contribution in [2.24, 2.45) is 0 Å². The van der Waals surface area contributed by atoms with E-state index < -0.39 is 17.7 Å². The summed E-state index contributed by atoms with van der Waals surface area (Å²) in [6, 6.07) is 17.8. The van der Waals surface area contributed by atoms with Gasteiger partial charge in [0.15, 0.2) is 11.5 Å². The zero-order chi connectivity index (χ0) is 26.0. The van der Waals surface area contributed by atoms with E-state index >= 15 is 0 Å². The Labute approximate surface area is 210 Å². The molecule has 3 aromatic rings. The van der Waals surface area contributed by atoms with Gasteiger partial charge < -0.3 is 19.7 Å². The smallest absolute Gasteiger partial charge is 0.300 e. The first-order chi connectivity index (χ1) is 17.3. The van der Waals surface area contributed by atoms with Gasteiger partial charge in [0.1, 0.15) is 11.5 Å². The number of nitrogens with zero attached hydrogens (tertiary/aromatic N) is 1. The highest BCUT2D eigenvalue weighted by molar-refractivity contribution is 6.51. The number of phenols is 1. The van der Waals surface area contributed by atoms with Crippen molar-refractivity contribution in [3.63, 3.8) is 0 Å². The van der Waals surface area contributed by atoms with Crippen molar-refractivity contribution in [1.29, 1.82) is 0 Å². The number of Topliss-reactive ketones (excluding diaryl/α,β-unsaturated/α-hetero) is 1. The fourth-order valence-corrected chi connectivity index (χ4v) is 4.37. The summed E-state index contributed by atoms with van der Waals surface area (Å²) in [6.07, 6.45) is 0. The van der Waals surface area contributed by atoms with Crippen molar-refractivity contribution in [3.05, 3.63) is 89.0 Å². The van der Waals surface area contributed by atoms with Crippen molar-refractivity contribution < 1.29 is 29.3 Å². The number of aromatic hydroxyl groups is 1. The van der Waals surface area contributed by atoms with E-state index in [-0.39, 0.29) is 22.8 Å². The SMILES string of the molecule is CCOc1cccc(/C(O)=C2/C(=O)C(=O)N(c3ccc(C(C)C)cc3)C2c2ccc(OC)c(O)c2)c1. The summed E-state index contributed by atoms with van der Waals surface area (Å²) in [5.74, 6) is -0.982. The quantitative estimate of drug-likeness (QED) is 0.258. The van der Waals surface area contributed by atoms with E-state index in [0.717, 1.165) is 5.56 Å². The molecule has 36 heavy (non-hydrogen) atoms. The summed E-state index contributed by atoms with van der Waals surface area (Å²) < 4.78 is 10.7. The molecular formula is C29H29NO6. The molecule has 186 valence electrons. The molecule has 0 aliphatic carbocycles. The molecule has 1 amide bonds. The second-order valence-corrected chi connectivity index (χ2v) is 8.81. The molecule has 0 radical (unpaired) electrons. The number of ketones is 1. The fourth-order valence-electron chi connectivity index (χ4n) is 4.37. The number of benzene rings is 3. The number of anilines is 1. The van der Waals surface area contributed by atoms with Gasteiger partial charge in [-0.25, -0.2) is 0 Å². The van der Waals surface area contributed by atoms with E-state index in [9.17, 15) is 19.8 Å². The number of amides is 1. The number of hydrogen-bond acceptors (Lipinski definition) is 6. The fraction of sp³-hybridized carbons (Fsp3) is 0.241. The molecule has 7 heteroatoms. The lowest BCUT2D eigenvalue weighted by molar-refractivity contribution is -0.132. The van der Waals surface area contributed by atoms with Crippen LogP contribution in [0.25, 0.3) is 5.76 Å². The topological polar surface area (TPSA) is 96.3 Å². The van der Waals surface area contributed by atoms with E-state index in [4.69, 9.17) is 9.47 Å². The lowest BCUT2D eigenvalue weighted by Crippen LogP contribution is -2.29. The summed E-state index contributed by atoms with van der Waals surface area (Å²) in [7, 11) is 1.43. The number of phenolic OH excluding ortho intramolecular Hbond substituents is 1. The molecule has 1 heterocycles. The molecule has 2 N–H and O–H groups in total. The number of methoxy groups -OCH3 is 1. The van der Waals surface area contributed by atoms with Crippen LogP contribution in [0.2, 0.25) is 0 Å². The monoisotopic (exact) mass is 487 g/mol. The summed E-state index contributed by atoms with van der Waals surface area (Å²) in [6.45, 7) is 6.42. The average Bonchev–Trinajstić information content (AvgIpc) is 3.14. The highest BCUT2D eigenvalue weighted by Gasteiger charge is 2.47. The number of carbonyl (C=O) groups is 2. The van der Waals surface area contributed by atoms with Crippen LogP contribution in [0.4, 0.5) is 5.69 Å². The molecule has 1 saturated heterocycles. The second-order valence-electron chi connectivity index (χ2n) is 8.81. The first kappa shape index (κ1) is 24.9. The first-order valence-corrected chi connectivity index (χ1v) is 11.8. The van der Waals surface area contributed by atoms with Crippen molar-refractivity contribution in [1.82, 2.24) is 0 Å². The molecule has 1 atom stereocenters. The van der Waals surface area contributed by atoms with E-state index in [1.165, 1.54) is 18.1 Å². The van der Waals surface area contributed by atoms with Crippen molar-refractivity contribution in [3.8, 4) is 17.2 Å². The Bertz CT molecular complexity index is 1330. The maximum absolute atomic E-state index is 13.4. The van der Waals surface area contributed by atoms with E-state index in [1.807, 2.05) is 19.1 Å². The lowest BCUT2D eigenvalue weighted by Gasteiger charge is -2.26. The van der Waals surface area contributed by atoms with Crippen LogP contribution in [0.15, 0.2) is 72.3 Å². The number of aliphatic hydroxyl groups excluding tert-OH is 1. The number of aliphatic hydroxyl groups is 1. The molecule has 0 saturated carbocycles. The second kappa shape index (κ2) is 10.2. The van der Waals surface area contributed by atoms with Crippen LogP contribution in [0, 0.1) is 0 Å². The van der Waals surface area contributed by atoms with Gasteiger partial charge in [-0.2, -0.15) is 0 Å². The minimum Gasteiger partial charge on any atom is -0.507 e. The van der Waals surface area contributed by atoms with E-state index in [0.29, 0.717) is 35.1 Å². The van der Waals surface area contributed by atoms with Crippen LogP contribution in [0.3, 0.4) is 0 Å². The summed E-state index contributed by atoms with van der Waals surface area (Å²) in [4.78, 5) is 28.1. The number of hydrogen-bond donors (Lipinski definition) is 2. The van der Waals surface area contributed by atoms with Crippen molar-refractivity contribution in [2.75, 3.05) is 18.6 Å². The maximum atomic E-state index is 13.4. The first-order valence-electron chi connectivity index (χ1n) is 11.8. The van der Waals surface area contributed by atoms with Gasteiger partial charge in [-0.05, 0) is 60.4 Å². The molecule has 0 bridgehead atoms. The standard InChI is InChI=1S/C29H29NO6/c1-5-36-22-8-6-7-20(15-22)27(32)25-26(19-11-14-24(35-4)23(31)16-19)30(29(34)28(25)33)21-12-9-18(10-13-21)17(2)3/h6-17,26,31-32H,5H2,1-4H3/b27-25-. The molecule has 7 nitrogen and oxygen atoms in total. The van der Waals surface area contributed by atoms with Gasteiger partial charge in [0.25, 0.3) is 11.7 Å². The summed E-state index contributed by atoms with van der Waals surface area (Å²) in [5, 5.41) is 21.8. The van der Waals surface area contributed by atoms with Gasteiger partial charge in [0, 0.05) is 11.3 Å². The molecular weight excluding hydrogens is 458 g/mol. The van der Waals surface area contributed by atoms with E-state index in [1.54, 1.807) is 48.5 Å². The van der Waals surface area contributed by atoms with Gasteiger partial charge in [-0.1, -0.05) is 44.2 Å². The summed E-state index contributed by atoms with van der Waals surface area (Å²) in [5.41, 5.74) is 2.30. The molecule has 0 spiro atoms. The highest BCUT2D eigenvalue weighted by Crippen LogP contribution is 2.44. The van der Waals surface area contributed by atoms with Gasteiger partial charge >= 0.3 is 0 Å². The number of ether oxygens (including phenoxy) is 2. The minimum absolute atomic E-state index is 0.0776. The Morgan fingerprint density at radius 2 is 1.75 bits per heavy atom. The van der Waals surface area contributed by atoms with E-state index in [2.05, 4.69) is 13.8 Å². The molecule has 0 aromatic heterocycles. The van der Waals surface area contributed by atoms with Crippen LogP contribution in [0.5, 0.6) is 17.2 Å². The number of carbonyl (C=O) groups excluding carboxylic acids is 2. The van der Waals surface area contributed by atoms with Crippen molar-refractivity contribution >= 4 is 23.1 Å². The average molecular weight is 488 g/mol. The number of rotatable bonds is 7. The Kier molecular flexibility index (Phi) is 7.01. The predicted molar refractivity (Wildman–Crippen MR) is 138 cm³/mol. The van der Waals surface area contributed by atoms with Gasteiger partial charge in [-0.3, -0.25) is 14.5 Å². The van der Waals surface area contributed by atoms with Gasteiger partial charge in [-0.15, -0.1) is 0 Å². The normalized spacial score (nSPS) is 17.0. The molecule has 1 aliphatic heterocycles. The maximum Gasteiger partial charge on any atom is 0.300 e. The third-order valence-electron chi connectivity index (χ3n) is 6.22. The Morgan fingerprint density at radius 3 is 2.36 bits per heavy atom. The van der Waals surface area contributed by atoms with Gasteiger partial charge in [0.2, 0.25) is 0 Å². The molecule has 1 aliphatic rings. The van der Waals surface area contributed by atoms with Crippen molar-refractivity contribution in [2.45, 2.75) is 32.7 Å². The Balaban J connectivity index is 1.91. The minimum atomic E-state index is -0.970. The van der Waals surface area contributed by atoms with Gasteiger partial charge in [0.05, 0.1) is 25.3 Å². The zero-order valence-electron chi connectivity index (χ0n) is 20.7. The van der Waals surface area contributed by atoms with Crippen LogP contribution in [0.1, 0.15) is 49.4 Å². The Hall–Kier alpha value is -4.26. The Morgan fingerprint density at radius 1 is 1.03 bits per heavy atom.